The number of hydrogen-bond donors (Lipinski definition) is 3. The van der Waals surface area contributed by atoms with Gasteiger partial charge in [-0.15, -0.1) is 11.6 Å². The van der Waals surface area contributed by atoms with Crippen LogP contribution >= 0.6 is 23.4 Å². The fraction of sp³-hybridized carbons (Fsp3) is 0.200. The van der Waals surface area contributed by atoms with E-state index in [4.69, 9.17) is 27.9 Å². The van der Waals surface area contributed by atoms with Gasteiger partial charge in [-0.05, 0) is 5.56 Å². The number of amidine groups is 1. The molecule has 0 radical (unpaired) electrons. The van der Waals surface area contributed by atoms with Gasteiger partial charge in [0, 0.05) is 5.75 Å². The smallest absolute Gasteiger partial charge is 0.318 e. The Hall–Kier alpha value is -1.20. The summed E-state index contributed by atoms with van der Waals surface area (Å²) in [6.45, 7) is 0. The van der Waals surface area contributed by atoms with Gasteiger partial charge in [0.25, 0.3) is 0 Å². The maximum absolute atomic E-state index is 9.24. The number of nitrogens with two attached hydrogens (primary N) is 1. The Bertz CT molecular complexity index is 333. The number of carbonyl (C=O) groups is 1. The summed E-state index contributed by atoms with van der Waals surface area (Å²) in [5.74, 6) is -0.498. The SMILES string of the molecule is N=C(N)SCc1ccccc1.O=C(O)CCl. The molecule has 0 heterocycles. The quantitative estimate of drug-likeness (QED) is 0.441. The number of rotatable bonds is 3. The monoisotopic (exact) mass is 260 g/mol. The van der Waals surface area contributed by atoms with Gasteiger partial charge in [-0.2, -0.15) is 0 Å². The molecule has 4 nitrogen and oxygen atoms in total. The van der Waals surface area contributed by atoms with Crippen LogP contribution in [-0.2, 0) is 10.5 Å². The van der Waals surface area contributed by atoms with Crippen molar-refractivity contribution in [3.8, 4) is 0 Å². The second-order valence-corrected chi connectivity index (χ2v) is 3.95. The van der Waals surface area contributed by atoms with Gasteiger partial charge in [-0.1, -0.05) is 42.1 Å². The van der Waals surface area contributed by atoms with Crippen LogP contribution in [0.1, 0.15) is 5.56 Å². The van der Waals surface area contributed by atoms with Gasteiger partial charge in [0.05, 0.1) is 0 Å². The summed E-state index contributed by atoms with van der Waals surface area (Å²) in [6.07, 6.45) is 0. The van der Waals surface area contributed by atoms with Crippen LogP contribution in [0.25, 0.3) is 0 Å². The first-order valence-corrected chi connectivity index (χ1v) is 5.86. The zero-order valence-corrected chi connectivity index (χ0v) is 10.1. The highest BCUT2D eigenvalue weighted by Crippen LogP contribution is 2.09. The molecule has 0 atom stereocenters. The summed E-state index contributed by atoms with van der Waals surface area (Å²) >= 11 is 6.08. The second-order valence-electron chi connectivity index (χ2n) is 2.67. The summed E-state index contributed by atoms with van der Waals surface area (Å²) in [4.78, 5) is 9.24. The van der Waals surface area contributed by atoms with E-state index >= 15 is 0 Å². The van der Waals surface area contributed by atoms with Crippen molar-refractivity contribution in [1.29, 1.82) is 5.41 Å². The summed E-state index contributed by atoms with van der Waals surface area (Å²) in [5.41, 5.74) is 6.39. The van der Waals surface area contributed by atoms with Gasteiger partial charge < -0.3 is 10.8 Å². The van der Waals surface area contributed by atoms with E-state index in [0.717, 1.165) is 5.75 Å². The minimum atomic E-state index is -0.980. The van der Waals surface area contributed by atoms with E-state index in [0.29, 0.717) is 0 Å². The van der Waals surface area contributed by atoms with E-state index in [-0.39, 0.29) is 11.0 Å². The number of nitrogens with one attached hydrogen (secondary N) is 1. The lowest BCUT2D eigenvalue weighted by Gasteiger charge is -1.97. The summed E-state index contributed by atoms with van der Waals surface area (Å²) in [6, 6.07) is 9.99. The van der Waals surface area contributed by atoms with Crippen molar-refractivity contribution < 1.29 is 9.90 Å². The minimum Gasteiger partial charge on any atom is -0.480 e. The standard InChI is InChI=1S/C8H10N2S.C2H3ClO2/c9-8(10)11-6-7-4-2-1-3-5-7;3-1-2(4)5/h1-5H,6H2,(H3,9,10);1H2,(H,4,5). The average molecular weight is 261 g/mol. The van der Waals surface area contributed by atoms with Gasteiger partial charge in [-0.3, -0.25) is 10.2 Å². The lowest BCUT2D eigenvalue weighted by Crippen LogP contribution is -2.03. The molecule has 1 aromatic rings. The van der Waals surface area contributed by atoms with Gasteiger partial charge in [0.2, 0.25) is 0 Å². The van der Waals surface area contributed by atoms with Gasteiger partial charge in [0.15, 0.2) is 5.17 Å². The molecule has 0 bridgehead atoms. The van der Waals surface area contributed by atoms with Crippen molar-refractivity contribution in [2.75, 3.05) is 5.88 Å². The molecule has 0 aliphatic rings. The molecule has 88 valence electrons. The molecule has 0 aliphatic carbocycles. The van der Waals surface area contributed by atoms with Gasteiger partial charge in [0.1, 0.15) is 5.88 Å². The third-order valence-corrected chi connectivity index (χ3v) is 2.37. The second kappa shape index (κ2) is 9.06. The molecule has 6 heteroatoms. The fourth-order valence-electron chi connectivity index (χ4n) is 0.735. The van der Waals surface area contributed by atoms with E-state index < -0.39 is 5.97 Å². The maximum Gasteiger partial charge on any atom is 0.318 e. The number of benzene rings is 1. The Balaban J connectivity index is 0.000000385. The maximum atomic E-state index is 9.24. The predicted octanol–water partition coefficient (Wildman–Crippen LogP) is 2.12. The van der Waals surface area contributed by atoms with E-state index in [9.17, 15) is 4.79 Å². The Kier molecular flexibility index (Phi) is 8.38. The lowest BCUT2D eigenvalue weighted by atomic mass is 10.2. The molecule has 0 aliphatic heterocycles. The van der Waals surface area contributed by atoms with Crippen LogP contribution in [0.15, 0.2) is 30.3 Å². The predicted molar refractivity (Wildman–Crippen MR) is 68.0 cm³/mol. The number of carboxylic acids is 1. The number of thioether (sulfide) groups is 1. The van der Waals surface area contributed by atoms with Crippen molar-refractivity contribution >= 4 is 34.5 Å². The number of aliphatic carboxylic acids is 1. The molecule has 1 aromatic carbocycles. The molecule has 0 fully saturated rings. The normalized spacial score (nSPS) is 8.81. The summed E-state index contributed by atoms with van der Waals surface area (Å²) < 4.78 is 0. The van der Waals surface area contributed by atoms with Crippen LogP contribution in [0.2, 0.25) is 0 Å². The molecule has 0 saturated carbocycles. The zero-order valence-electron chi connectivity index (χ0n) is 8.52. The number of alkyl halides is 1. The van der Waals surface area contributed by atoms with Crippen molar-refractivity contribution in [3.63, 3.8) is 0 Å². The van der Waals surface area contributed by atoms with Crippen LogP contribution in [0.5, 0.6) is 0 Å². The molecule has 4 N–H and O–H groups in total. The molecule has 0 amide bonds. The van der Waals surface area contributed by atoms with Crippen LogP contribution < -0.4 is 5.73 Å². The topological polar surface area (TPSA) is 87.2 Å². The Morgan fingerprint density at radius 2 is 1.94 bits per heavy atom. The summed E-state index contributed by atoms with van der Waals surface area (Å²) in [7, 11) is 0. The van der Waals surface area contributed by atoms with Crippen LogP contribution in [-0.4, -0.2) is 22.1 Å². The van der Waals surface area contributed by atoms with Crippen molar-refractivity contribution in [1.82, 2.24) is 0 Å². The molecule has 0 spiro atoms. The lowest BCUT2D eigenvalue weighted by molar-refractivity contribution is -0.134. The molecule has 0 saturated heterocycles. The first-order chi connectivity index (χ1) is 7.56. The number of carboxylic acid groups (broad SMARTS) is 1. The summed E-state index contributed by atoms with van der Waals surface area (Å²) in [5, 5.41) is 14.7. The van der Waals surface area contributed by atoms with Crippen molar-refractivity contribution in [2.45, 2.75) is 5.75 Å². The Morgan fingerprint density at radius 1 is 1.44 bits per heavy atom. The van der Waals surface area contributed by atoms with Crippen LogP contribution in [0, 0.1) is 5.41 Å². The third-order valence-electron chi connectivity index (χ3n) is 1.35. The van der Waals surface area contributed by atoms with E-state index in [1.165, 1.54) is 17.3 Å². The number of halogens is 1. The largest absolute Gasteiger partial charge is 0.480 e. The Morgan fingerprint density at radius 3 is 2.31 bits per heavy atom. The highest BCUT2D eigenvalue weighted by molar-refractivity contribution is 8.13. The third kappa shape index (κ3) is 9.36. The minimum absolute atomic E-state index is 0.175. The average Bonchev–Trinajstić information content (AvgIpc) is 2.28. The molecule has 1 rings (SSSR count). The highest BCUT2D eigenvalue weighted by atomic mass is 35.5. The van der Waals surface area contributed by atoms with Crippen molar-refractivity contribution in [3.05, 3.63) is 35.9 Å². The van der Waals surface area contributed by atoms with Crippen LogP contribution in [0.4, 0.5) is 0 Å². The molecular weight excluding hydrogens is 248 g/mol. The highest BCUT2D eigenvalue weighted by Gasteiger charge is 1.92. The zero-order chi connectivity index (χ0) is 12.4. The first-order valence-electron chi connectivity index (χ1n) is 4.34. The molecule has 0 unspecified atom stereocenters. The number of hydrogen-bond acceptors (Lipinski definition) is 3. The first kappa shape index (κ1) is 14.8. The fourth-order valence-corrected chi connectivity index (χ4v) is 1.25. The van der Waals surface area contributed by atoms with E-state index in [1.54, 1.807) is 0 Å². The van der Waals surface area contributed by atoms with Gasteiger partial charge in [-0.25, -0.2) is 0 Å². The Labute approximate surface area is 103 Å². The van der Waals surface area contributed by atoms with Crippen molar-refractivity contribution in [2.24, 2.45) is 5.73 Å². The van der Waals surface area contributed by atoms with Gasteiger partial charge >= 0.3 is 5.97 Å². The molecule has 0 aromatic heterocycles. The molecular formula is C10H13ClN2O2S. The van der Waals surface area contributed by atoms with Crippen LogP contribution in [0.3, 0.4) is 0 Å². The van der Waals surface area contributed by atoms with E-state index in [2.05, 4.69) is 0 Å². The molecule has 16 heavy (non-hydrogen) atoms. The van der Waals surface area contributed by atoms with E-state index in [1.807, 2.05) is 30.3 Å².